The highest BCUT2D eigenvalue weighted by atomic mass is 16.7. The lowest BCUT2D eigenvalue weighted by atomic mass is 10.0. The highest BCUT2D eigenvalue weighted by molar-refractivity contribution is 5.48. The van der Waals surface area contributed by atoms with Gasteiger partial charge in [-0.1, -0.05) is 32.0 Å². The van der Waals surface area contributed by atoms with Gasteiger partial charge in [-0.15, -0.1) is 0 Å². The molecule has 0 saturated carbocycles. The first-order valence-electron chi connectivity index (χ1n) is 8.20. The molecule has 2 aromatic rings. The van der Waals surface area contributed by atoms with Crippen LogP contribution in [0.15, 0.2) is 58.8 Å². The van der Waals surface area contributed by atoms with Crippen LogP contribution in [0.4, 0.5) is 11.4 Å². The summed E-state index contributed by atoms with van der Waals surface area (Å²) in [5, 5.41) is 18.6. The normalized spacial score (nSPS) is 21.5. The molecular formula is C19H22N2O3. The first-order chi connectivity index (χ1) is 11.6. The second-order valence-electron chi connectivity index (χ2n) is 6.19. The predicted molar refractivity (Wildman–Crippen MR) is 91.7 cm³/mol. The monoisotopic (exact) mass is 326 g/mol. The number of aromatic hydroxyl groups is 1. The molecule has 1 aliphatic rings. The van der Waals surface area contributed by atoms with Crippen LogP contribution < -0.4 is 0 Å². The number of benzene rings is 2. The zero-order valence-electron chi connectivity index (χ0n) is 13.9. The van der Waals surface area contributed by atoms with E-state index >= 15 is 0 Å². The van der Waals surface area contributed by atoms with E-state index in [4.69, 9.17) is 9.47 Å². The molecular weight excluding hydrogens is 304 g/mol. The molecule has 3 rings (SSSR count). The van der Waals surface area contributed by atoms with Crippen LogP contribution in [0.2, 0.25) is 0 Å². The summed E-state index contributed by atoms with van der Waals surface area (Å²) >= 11 is 0. The molecule has 126 valence electrons. The summed E-state index contributed by atoms with van der Waals surface area (Å²) in [7, 11) is 0. The molecule has 0 aromatic heterocycles. The van der Waals surface area contributed by atoms with Crippen molar-refractivity contribution in [2.24, 2.45) is 16.1 Å². The number of hydrogen-bond acceptors (Lipinski definition) is 5. The minimum atomic E-state index is -0.571. The summed E-state index contributed by atoms with van der Waals surface area (Å²) in [6.07, 6.45) is 0.415. The second kappa shape index (κ2) is 7.55. The van der Waals surface area contributed by atoms with Crippen LogP contribution >= 0.6 is 0 Å². The van der Waals surface area contributed by atoms with Gasteiger partial charge in [-0.05, 0) is 42.7 Å². The van der Waals surface area contributed by atoms with Crippen molar-refractivity contribution in [1.82, 2.24) is 0 Å². The molecule has 5 nitrogen and oxygen atoms in total. The van der Waals surface area contributed by atoms with Crippen LogP contribution in [-0.2, 0) is 9.47 Å². The highest BCUT2D eigenvalue weighted by Crippen LogP contribution is 2.36. The van der Waals surface area contributed by atoms with Crippen molar-refractivity contribution in [3.05, 3.63) is 54.1 Å². The Labute approximate surface area is 142 Å². The van der Waals surface area contributed by atoms with Crippen LogP contribution in [0.5, 0.6) is 5.75 Å². The van der Waals surface area contributed by atoms with E-state index in [1.165, 1.54) is 0 Å². The van der Waals surface area contributed by atoms with Crippen LogP contribution in [0.1, 0.15) is 32.1 Å². The summed E-state index contributed by atoms with van der Waals surface area (Å²) < 4.78 is 11.7. The molecule has 0 aliphatic carbocycles. The lowest BCUT2D eigenvalue weighted by Crippen LogP contribution is -2.30. The second-order valence-corrected chi connectivity index (χ2v) is 6.19. The summed E-state index contributed by atoms with van der Waals surface area (Å²) in [4.78, 5) is 0. The van der Waals surface area contributed by atoms with E-state index in [1.54, 1.807) is 18.2 Å². The predicted octanol–water partition coefficient (Wildman–Crippen LogP) is 5.27. The standard InChI is InChI=1S/C19H22N2O3/c1-13(2)18-10-11-23-19(24-18)16-12-15(8-9-17(16)22)21-20-14-6-4-3-5-7-14/h3-9,12-13,18-19,22H,10-11H2,1-2H3. The fraction of sp³-hybridized carbons (Fsp3) is 0.368. The van der Waals surface area contributed by atoms with Gasteiger partial charge >= 0.3 is 0 Å². The molecule has 5 heteroatoms. The van der Waals surface area contributed by atoms with Gasteiger partial charge in [-0.25, -0.2) is 0 Å². The minimum Gasteiger partial charge on any atom is -0.507 e. The molecule has 24 heavy (non-hydrogen) atoms. The molecule has 2 atom stereocenters. The molecule has 0 amide bonds. The Balaban J connectivity index is 1.80. The van der Waals surface area contributed by atoms with Gasteiger partial charge in [0.1, 0.15) is 5.75 Å². The minimum absolute atomic E-state index is 0.123. The van der Waals surface area contributed by atoms with Crippen molar-refractivity contribution in [2.45, 2.75) is 32.7 Å². The van der Waals surface area contributed by atoms with Gasteiger partial charge in [0, 0.05) is 0 Å². The maximum atomic E-state index is 10.2. The van der Waals surface area contributed by atoms with E-state index in [0.29, 0.717) is 23.8 Å². The van der Waals surface area contributed by atoms with Crippen LogP contribution in [0.25, 0.3) is 0 Å². The fourth-order valence-corrected chi connectivity index (χ4v) is 2.61. The van der Waals surface area contributed by atoms with Gasteiger partial charge in [-0.3, -0.25) is 0 Å². The van der Waals surface area contributed by atoms with Crippen molar-refractivity contribution in [3.63, 3.8) is 0 Å². The number of hydrogen-bond donors (Lipinski definition) is 1. The fourth-order valence-electron chi connectivity index (χ4n) is 2.61. The molecule has 1 N–H and O–H groups in total. The third-order valence-corrected chi connectivity index (χ3v) is 4.02. The van der Waals surface area contributed by atoms with Crippen molar-refractivity contribution in [2.75, 3.05) is 6.61 Å². The quantitative estimate of drug-likeness (QED) is 0.779. The molecule has 1 saturated heterocycles. The Hall–Kier alpha value is -2.24. The summed E-state index contributed by atoms with van der Waals surface area (Å²) in [6, 6.07) is 14.6. The van der Waals surface area contributed by atoms with E-state index in [2.05, 4.69) is 24.1 Å². The van der Waals surface area contributed by atoms with Gasteiger partial charge in [0.25, 0.3) is 0 Å². The molecule has 0 radical (unpaired) electrons. The molecule has 1 aliphatic heterocycles. The van der Waals surface area contributed by atoms with Gasteiger partial charge in [-0.2, -0.15) is 10.2 Å². The van der Waals surface area contributed by atoms with Crippen LogP contribution in [0.3, 0.4) is 0 Å². The number of rotatable bonds is 4. The third-order valence-electron chi connectivity index (χ3n) is 4.02. The van der Waals surface area contributed by atoms with Crippen molar-refractivity contribution < 1.29 is 14.6 Å². The topological polar surface area (TPSA) is 63.4 Å². The number of phenols is 1. The van der Waals surface area contributed by atoms with Crippen LogP contribution in [0, 0.1) is 5.92 Å². The van der Waals surface area contributed by atoms with Crippen LogP contribution in [-0.4, -0.2) is 17.8 Å². The number of phenolic OH excluding ortho intramolecular Hbond substituents is 1. The smallest absolute Gasteiger partial charge is 0.187 e. The number of azo groups is 1. The van der Waals surface area contributed by atoms with Gasteiger partial charge in [0.2, 0.25) is 0 Å². The van der Waals surface area contributed by atoms with Crippen molar-refractivity contribution in [1.29, 1.82) is 0 Å². The van der Waals surface area contributed by atoms with E-state index < -0.39 is 6.29 Å². The zero-order chi connectivity index (χ0) is 16.9. The average Bonchev–Trinajstić information content (AvgIpc) is 2.62. The Morgan fingerprint density at radius 2 is 1.79 bits per heavy atom. The van der Waals surface area contributed by atoms with Gasteiger partial charge in [0.05, 0.1) is 29.6 Å². The SMILES string of the molecule is CC(C)C1CCOC(c2cc(N=Nc3ccccc3)ccc2O)O1. The molecule has 0 spiro atoms. The summed E-state index contributed by atoms with van der Waals surface area (Å²) in [5.74, 6) is 0.544. The Bertz CT molecular complexity index is 701. The lowest BCUT2D eigenvalue weighted by Gasteiger charge is -2.32. The molecule has 1 fully saturated rings. The summed E-state index contributed by atoms with van der Waals surface area (Å²) in [6.45, 7) is 4.86. The number of nitrogens with zero attached hydrogens (tertiary/aromatic N) is 2. The number of ether oxygens (including phenoxy) is 2. The lowest BCUT2D eigenvalue weighted by molar-refractivity contribution is -0.227. The van der Waals surface area contributed by atoms with Gasteiger partial charge in [0.15, 0.2) is 6.29 Å². The molecule has 2 unspecified atom stereocenters. The third kappa shape index (κ3) is 3.99. The largest absolute Gasteiger partial charge is 0.507 e. The van der Waals surface area contributed by atoms with E-state index in [1.807, 2.05) is 30.3 Å². The zero-order valence-corrected chi connectivity index (χ0v) is 13.9. The average molecular weight is 326 g/mol. The van der Waals surface area contributed by atoms with E-state index in [9.17, 15) is 5.11 Å². The Morgan fingerprint density at radius 1 is 1.04 bits per heavy atom. The first kappa shape index (κ1) is 16.6. The maximum Gasteiger partial charge on any atom is 0.187 e. The van der Waals surface area contributed by atoms with Crippen molar-refractivity contribution >= 4 is 11.4 Å². The van der Waals surface area contributed by atoms with E-state index in [-0.39, 0.29) is 11.9 Å². The summed E-state index contributed by atoms with van der Waals surface area (Å²) in [5.41, 5.74) is 2.01. The first-order valence-corrected chi connectivity index (χ1v) is 8.20. The maximum absolute atomic E-state index is 10.2. The van der Waals surface area contributed by atoms with Gasteiger partial charge < -0.3 is 14.6 Å². The highest BCUT2D eigenvalue weighted by Gasteiger charge is 2.28. The Morgan fingerprint density at radius 3 is 2.54 bits per heavy atom. The van der Waals surface area contributed by atoms with E-state index in [0.717, 1.165) is 12.1 Å². The molecule has 1 heterocycles. The molecule has 0 bridgehead atoms. The Kier molecular flexibility index (Phi) is 5.23. The molecule has 2 aromatic carbocycles. The van der Waals surface area contributed by atoms with Crippen molar-refractivity contribution in [3.8, 4) is 5.75 Å².